The Morgan fingerprint density at radius 2 is 1.87 bits per heavy atom. The minimum Gasteiger partial charge on any atom is -0.496 e. The average molecular weight is 324 g/mol. The van der Waals surface area contributed by atoms with Gasteiger partial charge in [0.25, 0.3) is 0 Å². The quantitative estimate of drug-likeness (QED) is 0.844. The van der Waals surface area contributed by atoms with Gasteiger partial charge in [-0.05, 0) is 51.5 Å². The molecule has 7 heteroatoms. The van der Waals surface area contributed by atoms with Gasteiger partial charge in [-0.15, -0.1) is 0 Å². The first kappa shape index (κ1) is 17.8. The van der Waals surface area contributed by atoms with Crippen molar-refractivity contribution in [2.75, 3.05) is 7.11 Å². The van der Waals surface area contributed by atoms with E-state index in [0.29, 0.717) is 11.3 Å². The summed E-state index contributed by atoms with van der Waals surface area (Å²) in [5, 5.41) is 9.25. The van der Waals surface area contributed by atoms with Crippen molar-refractivity contribution in [3.8, 4) is 5.75 Å². The summed E-state index contributed by atoms with van der Waals surface area (Å²) in [6.45, 7) is 7.53. The van der Waals surface area contributed by atoms with E-state index in [1.54, 1.807) is 0 Å². The molecule has 23 heavy (non-hydrogen) atoms. The van der Waals surface area contributed by atoms with Crippen molar-refractivity contribution in [3.05, 3.63) is 29.6 Å². The fourth-order valence-corrected chi connectivity index (χ4v) is 2.59. The third-order valence-electron chi connectivity index (χ3n) is 4.59. The zero-order valence-electron chi connectivity index (χ0n) is 14.1. The summed E-state index contributed by atoms with van der Waals surface area (Å²) < 4.78 is 30.9. The van der Waals surface area contributed by atoms with Crippen molar-refractivity contribution in [1.82, 2.24) is 0 Å². The molecule has 2 rings (SSSR count). The Labute approximate surface area is 135 Å². The Bertz CT molecular complexity index is 586. The summed E-state index contributed by atoms with van der Waals surface area (Å²) in [7, 11) is 0.658. The first-order valence-corrected chi connectivity index (χ1v) is 7.48. The van der Waals surface area contributed by atoms with Crippen LogP contribution in [0.1, 0.15) is 45.5 Å². The second kappa shape index (κ2) is 6.13. The van der Waals surface area contributed by atoms with Gasteiger partial charge in [0, 0.05) is 5.82 Å². The second-order valence-electron chi connectivity index (χ2n) is 6.72. The van der Waals surface area contributed by atoms with Gasteiger partial charge in [0.15, 0.2) is 0 Å². The van der Waals surface area contributed by atoms with Crippen molar-refractivity contribution in [2.24, 2.45) is 0 Å². The van der Waals surface area contributed by atoms with Gasteiger partial charge in [-0.25, -0.2) is 4.39 Å². The molecule has 0 radical (unpaired) electrons. The fourth-order valence-electron chi connectivity index (χ4n) is 2.59. The molecule has 0 amide bonds. The van der Waals surface area contributed by atoms with Crippen LogP contribution in [0.5, 0.6) is 5.75 Å². The van der Waals surface area contributed by atoms with Crippen molar-refractivity contribution in [3.63, 3.8) is 0 Å². The Morgan fingerprint density at radius 3 is 2.35 bits per heavy atom. The summed E-state index contributed by atoms with van der Waals surface area (Å²) in [5.74, 6) is -1.75. The molecular weight excluding hydrogens is 302 g/mol. The minimum atomic E-state index is -1.02. The van der Waals surface area contributed by atoms with Crippen LogP contribution in [0.3, 0.4) is 0 Å². The average Bonchev–Trinajstić information content (AvgIpc) is 2.64. The van der Waals surface area contributed by atoms with Gasteiger partial charge in [0.05, 0.1) is 24.7 Å². The van der Waals surface area contributed by atoms with Gasteiger partial charge in [-0.3, -0.25) is 4.79 Å². The summed E-state index contributed by atoms with van der Waals surface area (Å²) >= 11 is 0. The topological polar surface area (TPSA) is 65.0 Å². The van der Waals surface area contributed by atoms with Crippen LogP contribution >= 0.6 is 0 Å². The highest BCUT2D eigenvalue weighted by atomic mass is 19.1. The summed E-state index contributed by atoms with van der Waals surface area (Å²) in [6, 6.07) is 4.02. The Hall–Kier alpha value is -1.60. The number of aliphatic carboxylic acids is 1. The number of carboxylic acids is 1. The zero-order chi connectivity index (χ0) is 17.4. The first-order chi connectivity index (χ1) is 10.6. The molecule has 1 aliphatic rings. The number of ether oxygens (including phenoxy) is 1. The van der Waals surface area contributed by atoms with Crippen LogP contribution in [0.2, 0.25) is 0 Å². The third kappa shape index (κ3) is 3.51. The van der Waals surface area contributed by atoms with E-state index in [1.165, 1.54) is 25.3 Å². The van der Waals surface area contributed by atoms with E-state index in [1.807, 2.05) is 27.7 Å². The zero-order valence-corrected chi connectivity index (χ0v) is 14.1. The number of hydrogen-bond donors (Lipinski definition) is 1. The number of methoxy groups -OCH3 is 1. The highest BCUT2D eigenvalue weighted by Crippen LogP contribution is 2.43. The highest BCUT2D eigenvalue weighted by Gasteiger charge is 2.54. The number of benzene rings is 1. The molecule has 1 aliphatic heterocycles. The lowest BCUT2D eigenvalue weighted by Gasteiger charge is -2.32. The van der Waals surface area contributed by atoms with Crippen molar-refractivity contribution >= 4 is 13.1 Å². The maximum atomic E-state index is 13.7. The molecule has 126 valence electrons. The van der Waals surface area contributed by atoms with E-state index in [-0.39, 0.29) is 6.42 Å². The van der Waals surface area contributed by atoms with Gasteiger partial charge in [-0.1, -0.05) is 0 Å². The highest BCUT2D eigenvalue weighted by molar-refractivity contribution is 6.48. The van der Waals surface area contributed by atoms with Crippen LogP contribution in [0, 0.1) is 5.82 Å². The maximum absolute atomic E-state index is 13.7. The summed E-state index contributed by atoms with van der Waals surface area (Å²) in [6.07, 6.45) is -0.253. The number of hydrogen-bond acceptors (Lipinski definition) is 4. The van der Waals surface area contributed by atoms with E-state index >= 15 is 0 Å². The number of rotatable bonds is 5. The van der Waals surface area contributed by atoms with Crippen LogP contribution in [0.25, 0.3) is 0 Å². The van der Waals surface area contributed by atoms with Gasteiger partial charge in [-0.2, -0.15) is 0 Å². The molecule has 1 N–H and O–H groups in total. The molecule has 0 saturated carbocycles. The molecule has 0 aromatic heterocycles. The molecule has 1 aromatic carbocycles. The lowest BCUT2D eigenvalue weighted by Crippen LogP contribution is -2.41. The lowest BCUT2D eigenvalue weighted by molar-refractivity contribution is -0.137. The largest absolute Gasteiger partial charge is 0.496 e. The molecule has 1 aromatic rings. The smallest absolute Gasteiger partial charge is 0.466 e. The van der Waals surface area contributed by atoms with E-state index in [9.17, 15) is 14.3 Å². The molecular formula is C16H22BFO5. The first-order valence-electron chi connectivity index (χ1n) is 7.48. The molecule has 1 atom stereocenters. The Kier molecular flexibility index (Phi) is 4.73. The maximum Gasteiger partial charge on any atom is 0.466 e. The molecule has 1 heterocycles. The third-order valence-corrected chi connectivity index (χ3v) is 4.59. The Morgan fingerprint density at radius 1 is 1.30 bits per heavy atom. The van der Waals surface area contributed by atoms with Gasteiger partial charge in [0.1, 0.15) is 11.6 Å². The Balaban J connectivity index is 2.43. The van der Waals surface area contributed by atoms with Crippen LogP contribution < -0.4 is 4.74 Å². The number of carboxylic acid groups (broad SMARTS) is 1. The van der Waals surface area contributed by atoms with Crippen LogP contribution in [-0.4, -0.2) is 36.5 Å². The standard InChI is InChI=1S/C16H22BFO5/c1-15(2)16(3,4)23-17(22-15)12(9-14(19)20)11-8-10(18)6-7-13(11)21-5/h6-8,12H,9H2,1-5H3,(H,19,20). The van der Waals surface area contributed by atoms with Gasteiger partial charge >= 0.3 is 13.1 Å². The summed E-state index contributed by atoms with van der Waals surface area (Å²) in [5.41, 5.74) is -0.780. The van der Waals surface area contributed by atoms with Crippen LogP contribution in [0.15, 0.2) is 18.2 Å². The van der Waals surface area contributed by atoms with E-state index in [4.69, 9.17) is 14.0 Å². The van der Waals surface area contributed by atoms with Gasteiger partial charge in [0.2, 0.25) is 0 Å². The predicted octanol–water partition coefficient (Wildman–Crippen LogP) is 3.02. The molecule has 1 saturated heterocycles. The summed E-state index contributed by atoms with van der Waals surface area (Å²) in [4.78, 5) is 11.3. The normalized spacial score (nSPS) is 20.3. The molecule has 0 spiro atoms. The molecule has 0 bridgehead atoms. The SMILES string of the molecule is COc1ccc(F)cc1C(CC(=O)O)B1OC(C)(C)C(C)(C)O1. The van der Waals surface area contributed by atoms with Crippen molar-refractivity contribution < 1.29 is 28.3 Å². The number of halogens is 1. The lowest BCUT2D eigenvalue weighted by atomic mass is 9.66. The molecule has 5 nitrogen and oxygen atoms in total. The predicted molar refractivity (Wildman–Crippen MR) is 84.0 cm³/mol. The molecule has 0 aliphatic carbocycles. The molecule has 1 unspecified atom stereocenters. The molecule has 1 fully saturated rings. The van der Waals surface area contributed by atoms with E-state index in [2.05, 4.69) is 0 Å². The minimum absolute atomic E-state index is 0.253. The second-order valence-corrected chi connectivity index (χ2v) is 6.72. The van der Waals surface area contributed by atoms with Crippen molar-refractivity contribution in [1.29, 1.82) is 0 Å². The van der Waals surface area contributed by atoms with Crippen LogP contribution in [-0.2, 0) is 14.1 Å². The van der Waals surface area contributed by atoms with Crippen LogP contribution in [0.4, 0.5) is 4.39 Å². The van der Waals surface area contributed by atoms with Crippen molar-refractivity contribution in [2.45, 2.75) is 51.1 Å². The van der Waals surface area contributed by atoms with E-state index < -0.39 is 35.9 Å². The number of carbonyl (C=O) groups is 1. The van der Waals surface area contributed by atoms with Gasteiger partial charge < -0.3 is 19.2 Å². The van der Waals surface area contributed by atoms with E-state index in [0.717, 1.165) is 0 Å². The fraction of sp³-hybridized carbons (Fsp3) is 0.562. The monoisotopic (exact) mass is 324 g/mol.